The van der Waals surface area contributed by atoms with E-state index in [0.29, 0.717) is 10.6 Å². The summed E-state index contributed by atoms with van der Waals surface area (Å²) in [6, 6.07) is 12.5. The van der Waals surface area contributed by atoms with Crippen LogP contribution in [0.25, 0.3) is 0 Å². The molecular weight excluding hydrogens is 428 g/mol. The smallest absolute Gasteiger partial charge is 0.255 e. The quantitative estimate of drug-likeness (QED) is 0.663. The van der Waals surface area contributed by atoms with Crippen LogP contribution in [0.1, 0.15) is 10.4 Å². The molecule has 0 bridgehead atoms. The maximum absolute atomic E-state index is 12.0. The lowest BCUT2D eigenvalue weighted by Crippen LogP contribution is -2.12. The van der Waals surface area contributed by atoms with Crippen molar-refractivity contribution in [2.75, 3.05) is 5.32 Å². The van der Waals surface area contributed by atoms with E-state index >= 15 is 0 Å². The van der Waals surface area contributed by atoms with Gasteiger partial charge in [-0.15, -0.1) is 0 Å². The lowest BCUT2D eigenvalue weighted by atomic mass is 10.2. The van der Waals surface area contributed by atoms with Crippen LogP contribution in [-0.4, -0.2) is 5.91 Å². The highest BCUT2D eigenvalue weighted by molar-refractivity contribution is 14.1. The molecule has 0 saturated carbocycles. The largest absolute Gasteiger partial charge is 0.321 e. The van der Waals surface area contributed by atoms with Crippen molar-refractivity contribution in [1.29, 1.82) is 0 Å². The van der Waals surface area contributed by atoms with Crippen LogP contribution in [0.4, 0.5) is 5.69 Å². The topological polar surface area (TPSA) is 29.1 Å². The van der Waals surface area contributed by atoms with E-state index in [2.05, 4.69) is 43.8 Å². The van der Waals surface area contributed by atoms with Crippen molar-refractivity contribution in [2.45, 2.75) is 0 Å². The molecule has 0 radical (unpaired) electrons. The maximum atomic E-state index is 12.0. The second-order valence-electron chi connectivity index (χ2n) is 3.59. The van der Waals surface area contributed by atoms with E-state index in [9.17, 15) is 4.79 Å². The van der Waals surface area contributed by atoms with Crippen LogP contribution in [0.15, 0.2) is 46.9 Å². The first-order chi connectivity index (χ1) is 8.56. The molecule has 0 heterocycles. The highest BCUT2D eigenvalue weighted by atomic mass is 127. The van der Waals surface area contributed by atoms with E-state index in [1.807, 2.05) is 18.2 Å². The average molecular weight is 436 g/mol. The van der Waals surface area contributed by atoms with Gasteiger partial charge < -0.3 is 5.32 Å². The molecule has 1 N–H and O–H groups in total. The Labute approximate surface area is 132 Å². The van der Waals surface area contributed by atoms with Crippen molar-refractivity contribution in [3.05, 3.63) is 61.1 Å². The predicted octanol–water partition coefficient (Wildman–Crippen LogP) is 4.96. The molecule has 0 fully saturated rings. The standard InChI is InChI=1S/C13H8BrClINO/c14-9-4-5-12(11(16)7-9)17-13(18)8-2-1-3-10(15)6-8/h1-7H,(H,17,18). The minimum atomic E-state index is -0.169. The van der Waals surface area contributed by atoms with Crippen LogP contribution in [0.5, 0.6) is 0 Å². The van der Waals surface area contributed by atoms with Crippen LogP contribution in [0.2, 0.25) is 5.02 Å². The lowest BCUT2D eigenvalue weighted by molar-refractivity contribution is 0.102. The number of carbonyl (C=O) groups is 1. The van der Waals surface area contributed by atoms with Crippen molar-refractivity contribution < 1.29 is 4.79 Å². The van der Waals surface area contributed by atoms with E-state index in [4.69, 9.17) is 11.6 Å². The van der Waals surface area contributed by atoms with Crippen LogP contribution in [-0.2, 0) is 0 Å². The molecule has 0 aliphatic rings. The maximum Gasteiger partial charge on any atom is 0.255 e. The monoisotopic (exact) mass is 435 g/mol. The normalized spacial score (nSPS) is 10.2. The molecule has 2 nitrogen and oxygen atoms in total. The van der Waals surface area contributed by atoms with E-state index in [0.717, 1.165) is 13.7 Å². The Morgan fingerprint density at radius 3 is 2.67 bits per heavy atom. The van der Waals surface area contributed by atoms with Crippen molar-refractivity contribution >= 4 is 61.7 Å². The van der Waals surface area contributed by atoms with Crippen LogP contribution in [0.3, 0.4) is 0 Å². The third-order valence-electron chi connectivity index (χ3n) is 2.27. The number of rotatable bonds is 2. The summed E-state index contributed by atoms with van der Waals surface area (Å²) in [7, 11) is 0. The third-order valence-corrected chi connectivity index (χ3v) is 3.89. The summed E-state index contributed by atoms with van der Waals surface area (Å²) in [5.41, 5.74) is 1.32. The molecule has 0 aliphatic carbocycles. The Hall–Kier alpha value is -0.590. The SMILES string of the molecule is O=C(Nc1ccc(Br)cc1I)c1cccc(Cl)c1. The number of hydrogen-bond donors (Lipinski definition) is 1. The van der Waals surface area contributed by atoms with Crippen LogP contribution >= 0.6 is 50.1 Å². The Balaban J connectivity index is 2.21. The fourth-order valence-electron chi connectivity index (χ4n) is 1.42. The van der Waals surface area contributed by atoms with E-state index < -0.39 is 0 Å². The Morgan fingerprint density at radius 2 is 2.00 bits per heavy atom. The van der Waals surface area contributed by atoms with Crippen LogP contribution in [0, 0.1) is 3.57 Å². The van der Waals surface area contributed by atoms with E-state index in [-0.39, 0.29) is 5.91 Å². The number of amides is 1. The fraction of sp³-hybridized carbons (Fsp3) is 0. The number of carbonyl (C=O) groups excluding carboxylic acids is 1. The second kappa shape index (κ2) is 6.04. The molecule has 2 aromatic carbocycles. The van der Waals surface area contributed by atoms with Gasteiger partial charge in [0.15, 0.2) is 0 Å². The fourth-order valence-corrected chi connectivity index (χ4v) is 3.04. The summed E-state index contributed by atoms with van der Waals surface area (Å²) in [5.74, 6) is -0.169. The highest BCUT2D eigenvalue weighted by Crippen LogP contribution is 2.23. The summed E-state index contributed by atoms with van der Waals surface area (Å²) in [6.07, 6.45) is 0. The summed E-state index contributed by atoms with van der Waals surface area (Å²) >= 11 is 11.4. The zero-order valence-electron chi connectivity index (χ0n) is 9.08. The molecule has 2 aromatic rings. The number of benzene rings is 2. The summed E-state index contributed by atoms with van der Waals surface area (Å²) in [5, 5.41) is 3.40. The Morgan fingerprint density at radius 1 is 1.22 bits per heavy atom. The molecule has 0 atom stereocenters. The van der Waals surface area contributed by atoms with Crippen molar-refractivity contribution in [2.24, 2.45) is 0 Å². The molecule has 92 valence electrons. The average Bonchev–Trinajstić information content (AvgIpc) is 2.32. The molecule has 1 amide bonds. The van der Waals surface area contributed by atoms with E-state index in [1.54, 1.807) is 24.3 Å². The van der Waals surface area contributed by atoms with Gasteiger partial charge in [0.05, 0.1) is 5.69 Å². The summed E-state index contributed by atoms with van der Waals surface area (Å²) < 4.78 is 1.95. The molecule has 2 rings (SSSR count). The molecule has 5 heteroatoms. The Kier molecular flexibility index (Phi) is 4.64. The first-order valence-electron chi connectivity index (χ1n) is 5.08. The lowest BCUT2D eigenvalue weighted by Gasteiger charge is -2.08. The van der Waals surface area contributed by atoms with Crippen molar-refractivity contribution in [3.63, 3.8) is 0 Å². The molecular formula is C13H8BrClINO. The zero-order valence-corrected chi connectivity index (χ0v) is 13.6. The second-order valence-corrected chi connectivity index (χ2v) is 6.10. The molecule has 0 unspecified atom stereocenters. The first-order valence-corrected chi connectivity index (χ1v) is 7.33. The zero-order chi connectivity index (χ0) is 13.1. The van der Waals surface area contributed by atoms with Crippen molar-refractivity contribution in [1.82, 2.24) is 0 Å². The highest BCUT2D eigenvalue weighted by Gasteiger charge is 2.08. The van der Waals surface area contributed by atoms with Gasteiger partial charge in [0.1, 0.15) is 0 Å². The Bertz CT molecular complexity index is 603. The molecule has 0 aliphatic heterocycles. The summed E-state index contributed by atoms with van der Waals surface area (Å²) in [4.78, 5) is 12.0. The van der Waals surface area contributed by atoms with Gasteiger partial charge in [0.2, 0.25) is 0 Å². The van der Waals surface area contributed by atoms with Gasteiger partial charge in [0, 0.05) is 18.6 Å². The van der Waals surface area contributed by atoms with Gasteiger partial charge in [-0.05, 0) is 59.0 Å². The summed E-state index contributed by atoms with van der Waals surface area (Å²) in [6.45, 7) is 0. The van der Waals surface area contributed by atoms with Gasteiger partial charge in [0.25, 0.3) is 5.91 Å². The van der Waals surface area contributed by atoms with Gasteiger partial charge in [-0.2, -0.15) is 0 Å². The van der Waals surface area contributed by atoms with Gasteiger partial charge >= 0.3 is 0 Å². The van der Waals surface area contributed by atoms with E-state index in [1.165, 1.54) is 0 Å². The van der Waals surface area contributed by atoms with Gasteiger partial charge in [-0.3, -0.25) is 4.79 Å². The third kappa shape index (κ3) is 3.46. The number of halogens is 3. The number of nitrogens with one attached hydrogen (secondary N) is 1. The first kappa shape index (κ1) is 13.8. The molecule has 0 spiro atoms. The number of hydrogen-bond acceptors (Lipinski definition) is 1. The van der Waals surface area contributed by atoms with Gasteiger partial charge in [-0.1, -0.05) is 33.6 Å². The molecule has 0 aromatic heterocycles. The molecule has 18 heavy (non-hydrogen) atoms. The van der Waals surface area contributed by atoms with Crippen molar-refractivity contribution in [3.8, 4) is 0 Å². The minimum Gasteiger partial charge on any atom is -0.321 e. The molecule has 0 saturated heterocycles. The minimum absolute atomic E-state index is 0.169. The van der Waals surface area contributed by atoms with Gasteiger partial charge in [-0.25, -0.2) is 0 Å². The number of anilines is 1. The predicted molar refractivity (Wildman–Crippen MR) is 86.3 cm³/mol. The van der Waals surface area contributed by atoms with Crippen LogP contribution < -0.4 is 5.32 Å².